The highest BCUT2D eigenvalue weighted by Crippen LogP contribution is 2.32. The van der Waals surface area contributed by atoms with Crippen molar-refractivity contribution >= 4 is 33.1 Å². The minimum Gasteiger partial charge on any atom is -0.399 e. The van der Waals surface area contributed by atoms with Crippen LogP contribution in [0.5, 0.6) is 0 Å². The van der Waals surface area contributed by atoms with Crippen molar-refractivity contribution in [3.05, 3.63) is 46.1 Å². The van der Waals surface area contributed by atoms with Gasteiger partial charge in [-0.3, -0.25) is 0 Å². The number of hydrogen-bond donors (Lipinski definition) is 2. The predicted octanol–water partition coefficient (Wildman–Crippen LogP) is 5.55. The summed E-state index contributed by atoms with van der Waals surface area (Å²) in [4.78, 5) is 10.7. The lowest BCUT2D eigenvalue weighted by Crippen LogP contribution is -2.09. The molecular weight excluding hydrogens is 361 g/mol. The van der Waals surface area contributed by atoms with Crippen molar-refractivity contribution in [2.75, 3.05) is 11.1 Å². The zero-order valence-corrected chi connectivity index (χ0v) is 15.8. The van der Waals surface area contributed by atoms with Crippen molar-refractivity contribution in [1.29, 1.82) is 0 Å². The molecule has 0 aliphatic carbocycles. The largest absolute Gasteiger partial charge is 0.416 e. The monoisotopic (exact) mass is 382 g/mol. The Kier molecular flexibility index (Phi) is 6.07. The average molecular weight is 382 g/mol. The highest BCUT2D eigenvalue weighted by atomic mass is 32.1. The Morgan fingerprint density at radius 1 is 1.08 bits per heavy atom. The Morgan fingerprint density at radius 3 is 2.42 bits per heavy atom. The lowest BCUT2D eigenvalue weighted by Gasteiger charge is -2.12. The van der Waals surface area contributed by atoms with Crippen LogP contribution in [0.3, 0.4) is 0 Å². The van der Waals surface area contributed by atoms with Gasteiger partial charge in [-0.1, -0.05) is 13.8 Å². The first kappa shape index (κ1) is 20.0. The Bertz CT molecular complexity index is 903. The average Bonchev–Trinajstić information content (AvgIpc) is 2.93. The maximum absolute atomic E-state index is 12.9. The number of nitrogens with two attached hydrogens (primary N) is 1. The Labute approximate surface area is 154 Å². The van der Waals surface area contributed by atoms with Crippen molar-refractivity contribution < 1.29 is 13.2 Å². The molecule has 0 aliphatic rings. The van der Waals surface area contributed by atoms with Gasteiger partial charge in [0.15, 0.2) is 0 Å². The molecule has 0 fully saturated rings. The van der Waals surface area contributed by atoms with Crippen LogP contribution in [0.25, 0.3) is 10.2 Å². The van der Waals surface area contributed by atoms with E-state index in [1.54, 1.807) is 18.3 Å². The zero-order chi connectivity index (χ0) is 19.5. The first-order valence-electron chi connectivity index (χ1n) is 8.17. The van der Waals surface area contributed by atoms with Gasteiger partial charge in [0.2, 0.25) is 0 Å². The molecule has 0 unspecified atom stereocenters. The summed E-state index contributed by atoms with van der Waals surface area (Å²) in [6.45, 7) is 7.94. The molecule has 3 aromatic rings. The molecule has 0 bridgehead atoms. The van der Waals surface area contributed by atoms with Gasteiger partial charge in [-0.05, 0) is 43.7 Å². The minimum atomic E-state index is -4.42. The normalized spacial score (nSPS) is 11.2. The molecule has 3 N–H and O–H groups in total. The molecule has 0 atom stereocenters. The number of hydrogen-bond acceptors (Lipinski definition) is 5. The molecule has 26 heavy (non-hydrogen) atoms. The molecule has 0 amide bonds. The molecule has 0 saturated carbocycles. The molecule has 1 aromatic carbocycles. The van der Waals surface area contributed by atoms with Crippen LogP contribution in [0.2, 0.25) is 0 Å². The van der Waals surface area contributed by atoms with E-state index < -0.39 is 11.7 Å². The first-order chi connectivity index (χ1) is 12.2. The summed E-state index contributed by atoms with van der Waals surface area (Å²) >= 11 is 1.55. The van der Waals surface area contributed by atoms with Crippen molar-refractivity contribution in [3.63, 3.8) is 0 Å². The van der Waals surface area contributed by atoms with E-state index >= 15 is 0 Å². The quantitative estimate of drug-likeness (QED) is 0.583. The van der Waals surface area contributed by atoms with Gasteiger partial charge >= 0.3 is 6.18 Å². The number of nitrogen functional groups attached to an aromatic ring is 1. The highest BCUT2D eigenvalue weighted by Gasteiger charge is 2.31. The third kappa shape index (κ3) is 4.63. The van der Waals surface area contributed by atoms with Gasteiger partial charge in [0.25, 0.3) is 0 Å². The third-order valence-corrected chi connectivity index (χ3v) is 4.37. The van der Waals surface area contributed by atoms with Crippen LogP contribution in [-0.4, -0.2) is 9.97 Å². The Hall–Kier alpha value is -2.35. The van der Waals surface area contributed by atoms with Crippen molar-refractivity contribution in [2.45, 2.75) is 40.4 Å². The van der Waals surface area contributed by atoms with Gasteiger partial charge in [-0.2, -0.15) is 13.2 Å². The number of aryl methyl sites for hydroxylation is 2. The summed E-state index contributed by atoms with van der Waals surface area (Å²) in [5.74, 6) is 1.22. The molecule has 0 aliphatic heterocycles. The number of benzene rings is 1. The van der Waals surface area contributed by atoms with E-state index in [4.69, 9.17) is 5.73 Å². The fourth-order valence-electron chi connectivity index (χ4n) is 2.45. The molecule has 140 valence electrons. The van der Waals surface area contributed by atoms with Crippen LogP contribution < -0.4 is 11.1 Å². The minimum absolute atomic E-state index is 0.0806. The SMILES string of the molecule is CC.Cc1nc(NCc2cc(N)cc(C(F)(F)F)c2)c2cc(C)sc2n1. The molecule has 2 aromatic heterocycles. The van der Waals surface area contributed by atoms with Crippen LogP contribution in [-0.2, 0) is 12.7 Å². The van der Waals surface area contributed by atoms with Crippen molar-refractivity contribution in [2.24, 2.45) is 0 Å². The smallest absolute Gasteiger partial charge is 0.399 e. The summed E-state index contributed by atoms with van der Waals surface area (Å²) in [6.07, 6.45) is -4.42. The second-order valence-electron chi connectivity index (χ2n) is 5.51. The lowest BCUT2D eigenvalue weighted by atomic mass is 10.1. The number of halogens is 3. The van der Waals surface area contributed by atoms with E-state index in [0.29, 0.717) is 17.2 Å². The maximum atomic E-state index is 12.9. The van der Waals surface area contributed by atoms with Gasteiger partial charge in [0.05, 0.1) is 10.9 Å². The number of thiophene rings is 1. The number of nitrogens with zero attached hydrogens (tertiary/aromatic N) is 2. The van der Waals surface area contributed by atoms with E-state index in [1.165, 1.54) is 6.07 Å². The number of alkyl halides is 3. The number of nitrogens with one attached hydrogen (secondary N) is 1. The molecule has 0 saturated heterocycles. The van der Waals surface area contributed by atoms with Crippen LogP contribution in [0.4, 0.5) is 24.7 Å². The summed E-state index contributed by atoms with van der Waals surface area (Å²) in [6, 6.07) is 5.50. The summed E-state index contributed by atoms with van der Waals surface area (Å²) in [7, 11) is 0. The van der Waals surface area contributed by atoms with Crippen molar-refractivity contribution in [1.82, 2.24) is 9.97 Å². The second-order valence-corrected chi connectivity index (χ2v) is 6.74. The molecule has 4 nitrogen and oxygen atoms in total. The molecule has 0 spiro atoms. The molecule has 3 rings (SSSR count). The number of anilines is 2. The molecular formula is C18H21F3N4S. The van der Waals surface area contributed by atoms with E-state index in [1.807, 2.05) is 26.8 Å². The van der Waals surface area contributed by atoms with Crippen LogP contribution >= 0.6 is 11.3 Å². The predicted molar refractivity (Wildman–Crippen MR) is 101 cm³/mol. The van der Waals surface area contributed by atoms with Crippen LogP contribution in [0.1, 0.15) is 35.7 Å². The van der Waals surface area contributed by atoms with E-state index in [0.717, 1.165) is 27.2 Å². The van der Waals surface area contributed by atoms with Gasteiger partial charge in [-0.25, -0.2) is 9.97 Å². The molecule has 2 heterocycles. The van der Waals surface area contributed by atoms with E-state index in [2.05, 4.69) is 15.3 Å². The second kappa shape index (κ2) is 7.90. The Morgan fingerprint density at radius 2 is 1.77 bits per heavy atom. The first-order valence-corrected chi connectivity index (χ1v) is 8.99. The number of aromatic nitrogens is 2. The van der Waals surface area contributed by atoms with Gasteiger partial charge in [0, 0.05) is 17.1 Å². The zero-order valence-electron chi connectivity index (χ0n) is 15.0. The molecule has 8 heteroatoms. The highest BCUT2D eigenvalue weighted by molar-refractivity contribution is 7.18. The standard InChI is InChI=1S/C16H15F3N4S.C2H6/c1-8-3-13-14(22-9(2)23-15(13)24-8)21-7-10-4-11(16(17,18)19)6-12(20)5-10;1-2/h3-6H,7,20H2,1-2H3,(H,21,22,23);1-2H3. The van der Waals surface area contributed by atoms with Gasteiger partial charge in [0.1, 0.15) is 16.5 Å². The van der Waals surface area contributed by atoms with Crippen LogP contribution in [0.15, 0.2) is 24.3 Å². The maximum Gasteiger partial charge on any atom is 0.416 e. The Balaban J connectivity index is 0.00000117. The summed E-state index contributed by atoms with van der Waals surface area (Å²) in [5.41, 5.74) is 5.36. The van der Waals surface area contributed by atoms with Crippen LogP contribution in [0, 0.1) is 13.8 Å². The third-order valence-electron chi connectivity index (χ3n) is 3.43. The van der Waals surface area contributed by atoms with E-state index in [-0.39, 0.29) is 12.2 Å². The fourth-order valence-corrected chi connectivity index (χ4v) is 3.38. The van der Waals surface area contributed by atoms with Gasteiger partial charge in [-0.15, -0.1) is 11.3 Å². The van der Waals surface area contributed by atoms with E-state index in [9.17, 15) is 13.2 Å². The fraction of sp³-hybridized carbons (Fsp3) is 0.333. The summed E-state index contributed by atoms with van der Waals surface area (Å²) < 4.78 is 38.6. The number of rotatable bonds is 3. The van der Waals surface area contributed by atoms with Crippen molar-refractivity contribution in [3.8, 4) is 0 Å². The lowest BCUT2D eigenvalue weighted by molar-refractivity contribution is -0.137. The number of fused-ring (bicyclic) bond motifs is 1. The molecule has 0 radical (unpaired) electrons. The summed E-state index contributed by atoms with van der Waals surface area (Å²) in [5, 5.41) is 3.96. The van der Waals surface area contributed by atoms with Gasteiger partial charge < -0.3 is 11.1 Å². The topological polar surface area (TPSA) is 63.8 Å².